The highest BCUT2D eigenvalue weighted by Crippen LogP contribution is 2.22. The Kier molecular flexibility index (Phi) is 11.6. The fourth-order valence-corrected chi connectivity index (χ4v) is 3.80. The molecule has 2 heterocycles. The number of oxazole rings is 1. The van der Waals surface area contributed by atoms with Gasteiger partial charge in [-0.2, -0.15) is 0 Å². The topological polar surface area (TPSA) is 68.9 Å². The van der Waals surface area contributed by atoms with Crippen molar-refractivity contribution in [2.75, 3.05) is 46.3 Å². The molecule has 184 valence electrons. The monoisotopic (exact) mass is 568 g/mol. The first kappa shape index (κ1) is 27.6. The van der Waals surface area contributed by atoms with Crippen LogP contribution in [-0.4, -0.2) is 67.1 Å². The minimum atomic E-state index is -0.0281. The van der Waals surface area contributed by atoms with Gasteiger partial charge >= 0.3 is 0 Å². The van der Waals surface area contributed by atoms with Gasteiger partial charge in [0.25, 0.3) is 0 Å². The summed E-state index contributed by atoms with van der Waals surface area (Å²) in [4.78, 5) is 13.8. The molecule has 33 heavy (non-hydrogen) atoms. The first-order valence-corrected chi connectivity index (χ1v) is 11.8. The fraction of sp³-hybridized carbons (Fsp3) is 0.600. The summed E-state index contributed by atoms with van der Waals surface area (Å²) < 4.78 is 5.83. The lowest BCUT2D eigenvalue weighted by atomic mass is 9.94. The van der Waals surface area contributed by atoms with Crippen molar-refractivity contribution in [3.8, 4) is 0 Å². The maximum absolute atomic E-state index is 5.83. The van der Waals surface area contributed by atoms with Gasteiger partial charge in [0.2, 0.25) is 5.89 Å². The lowest BCUT2D eigenvalue weighted by Crippen LogP contribution is -2.46. The Morgan fingerprint density at radius 3 is 2.36 bits per heavy atom. The van der Waals surface area contributed by atoms with Gasteiger partial charge in [-0.1, -0.05) is 51.1 Å². The van der Waals surface area contributed by atoms with E-state index in [0.717, 1.165) is 57.4 Å². The number of unbranched alkanes of at least 4 members (excludes halogenated alkanes) is 1. The number of hydrogen-bond donors (Lipinski definition) is 2. The van der Waals surface area contributed by atoms with E-state index < -0.39 is 0 Å². The Morgan fingerprint density at radius 2 is 1.73 bits per heavy atom. The molecular formula is C25H41IN6O. The number of halogens is 1. The lowest BCUT2D eigenvalue weighted by Gasteiger charge is -2.34. The van der Waals surface area contributed by atoms with Crippen molar-refractivity contribution in [3.63, 3.8) is 0 Å². The van der Waals surface area contributed by atoms with Gasteiger partial charge in [-0.05, 0) is 24.9 Å². The van der Waals surface area contributed by atoms with Crippen LogP contribution in [0.2, 0.25) is 0 Å². The van der Waals surface area contributed by atoms with Crippen LogP contribution in [0.3, 0.4) is 0 Å². The van der Waals surface area contributed by atoms with E-state index in [9.17, 15) is 0 Å². The molecule has 2 N–H and O–H groups in total. The molecule has 8 heteroatoms. The molecule has 7 nitrogen and oxygen atoms in total. The highest BCUT2D eigenvalue weighted by atomic mass is 127. The molecule has 0 bridgehead atoms. The highest BCUT2D eigenvalue weighted by molar-refractivity contribution is 14.0. The van der Waals surface area contributed by atoms with Gasteiger partial charge in [0, 0.05) is 51.7 Å². The van der Waals surface area contributed by atoms with Gasteiger partial charge in [0.15, 0.2) is 5.96 Å². The molecule has 3 rings (SSSR count). The van der Waals surface area contributed by atoms with Crippen LogP contribution < -0.4 is 10.6 Å². The molecule has 1 saturated heterocycles. The average molecular weight is 569 g/mol. The first-order valence-electron chi connectivity index (χ1n) is 11.8. The minimum absolute atomic E-state index is 0. The Morgan fingerprint density at radius 1 is 1.03 bits per heavy atom. The summed E-state index contributed by atoms with van der Waals surface area (Å²) in [5.41, 5.74) is 1.38. The molecule has 1 aliphatic rings. The van der Waals surface area contributed by atoms with Crippen molar-refractivity contribution < 1.29 is 4.42 Å². The summed E-state index contributed by atoms with van der Waals surface area (Å²) in [6.07, 6.45) is 4.13. The smallest absolute Gasteiger partial charge is 0.213 e. The third-order valence-electron chi connectivity index (χ3n) is 5.83. The first-order chi connectivity index (χ1) is 15.4. The zero-order valence-electron chi connectivity index (χ0n) is 20.6. The third kappa shape index (κ3) is 9.62. The van der Waals surface area contributed by atoms with Crippen molar-refractivity contribution in [3.05, 3.63) is 53.7 Å². The summed E-state index contributed by atoms with van der Waals surface area (Å²) in [5, 5.41) is 6.67. The molecule has 1 aromatic heterocycles. The normalized spacial score (nSPS) is 15.8. The van der Waals surface area contributed by atoms with Crippen LogP contribution in [0, 0.1) is 0 Å². The molecule has 1 fully saturated rings. The highest BCUT2D eigenvalue weighted by Gasteiger charge is 2.19. The molecule has 0 spiro atoms. The Labute approximate surface area is 216 Å². The molecule has 0 aliphatic carbocycles. The van der Waals surface area contributed by atoms with Crippen LogP contribution in [0.5, 0.6) is 0 Å². The average Bonchev–Trinajstić information content (AvgIpc) is 3.27. The molecule has 0 saturated carbocycles. The number of nitrogens with zero attached hydrogens (tertiary/aromatic N) is 4. The van der Waals surface area contributed by atoms with Gasteiger partial charge in [0.05, 0.1) is 12.7 Å². The van der Waals surface area contributed by atoms with E-state index in [1.165, 1.54) is 18.5 Å². The van der Waals surface area contributed by atoms with E-state index in [0.29, 0.717) is 12.4 Å². The summed E-state index contributed by atoms with van der Waals surface area (Å²) >= 11 is 0. The Bertz CT molecular complexity index is 825. The number of piperazine rings is 1. The van der Waals surface area contributed by atoms with Crippen LogP contribution in [0.1, 0.15) is 50.8 Å². The van der Waals surface area contributed by atoms with Gasteiger partial charge in [-0.15, -0.1) is 24.0 Å². The van der Waals surface area contributed by atoms with Crippen molar-refractivity contribution in [1.29, 1.82) is 0 Å². The quantitative estimate of drug-likeness (QED) is 0.207. The second kappa shape index (κ2) is 13.9. The summed E-state index contributed by atoms with van der Waals surface area (Å²) in [7, 11) is 1.79. The molecule has 0 atom stereocenters. The molecule has 0 amide bonds. The zero-order valence-corrected chi connectivity index (χ0v) is 23.0. The molecule has 0 unspecified atom stereocenters. The Balaban J connectivity index is 0.00000385. The van der Waals surface area contributed by atoms with E-state index in [-0.39, 0.29) is 29.4 Å². The summed E-state index contributed by atoms with van der Waals surface area (Å²) in [6.45, 7) is 14.7. The molecule has 0 radical (unpaired) electrons. The molecule has 2 aromatic rings. The number of rotatable bonds is 9. The standard InChI is InChI=1S/C25H40N6O.HI/c1-25(2,3)22-18-28-23(32-22)19-29-24(26-4)27-12-8-9-13-30-14-16-31(17-15-30)20-21-10-6-5-7-11-21;/h5-7,10-11,18H,8-9,12-17,19-20H2,1-4H3,(H2,26,27,29);1H. The second-order valence-corrected chi connectivity index (χ2v) is 9.53. The summed E-state index contributed by atoms with van der Waals surface area (Å²) in [5.74, 6) is 2.37. The predicted octanol–water partition coefficient (Wildman–Crippen LogP) is 3.85. The van der Waals surface area contributed by atoms with Crippen LogP contribution in [0.4, 0.5) is 0 Å². The van der Waals surface area contributed by atoms with Gasteiger partial charge in [-0.25, -0.2) is 4.98 Å². The number of benzene rings is 1. The van der Waals surface area contributed by atoms with Crippen molar-refractivity contribution in [1.82, 2.24) is 25.4 Å². The predicted molar refractivity (Wildman–Crippen MR) is 146 cm³/mol. The zero-order chi connectivity index (χ0) is 22.8. The van der Waals surface area contributed by atoms with E-state index in [2.05, 4.69) is 81.5 Å². The van der Waals surface area contributed by atoms with Crippen molar-refractivity contribution in [2.45, 2.75) is 52.1 Å². The summed E-state index contributed by atoms with van der Waals surface area (Å²) in [6, 6.07) is 10.8. The van der Waals surface area contributed by atoms with Gasteiger partial charge in [-0.3, -0.25) is 9.89 Å². The van der Waals surface area contributed by atoms with E-state index >= 15 is 0 Å². The van der Waals surface area contributed by atoms with E-state index in [4.69, 9.17) is 4.42 Å². The maximum atomic E-state index is 5.83. The van der Waals surface area contributed by atoms with E-state index in [1.54, 1.807) is 7.05 Å². The Hall–Kier alpha value is -1.65. The van der Waals surface area contributed by atoms with Gasteiger partial charge in [0.1, 0.15) is 5.76 Å². The number of hydrogen-bond acceptors (Lipinski definition) is 5. The van der Waals surface area contributed by atoms with Gasteiger partial charge < -0.3 is 20.0 Å². The fourth-order valence-electron chi connectivity index (χ4n) is 3.80. The number of guanidine groups is 1. The third-order valence-corrected chi connectivity index (χ3v) is 5.83. The maximum Gasteiger partial charge on any atom is 0.213 e. The molecular weight excluding hydrogens is 527 g/mol. The lowest BCUT2D eigenvalue weighted by molar-refractivity contribution is 0.126. The SMILES string of the molecule is CN=C(NCCCCN1CCN(Cc2ccccc2)CC1)NCc1ncc(C(C)(C)C)o1.I. The second-order valence-electron chi connectivity index (χ2n) is 9.53. The van der Waals surface area contributed by atoms with Crippen LogP contribution in [0.25, 0.3) is 0 Å². The number of nitrogens with one attached hydrogen (secondary N) is 2. The van der Waals surface area contributed by atoms with Crippen molar-refractivity contribution in [2.24, 2.45) is 4.99 Å². The van der Waals surface area contributed by atoms with E-state index in [1.807, 2.05) is 6.20 Å². The number of aliphatic imine (C=N–C) groups is 1. The minimum Gasteiger partial charge on any atom is -0.443 e. The van der Waals surface area contributed by atoms with Crippen LogP contribution in [-0.2, 0) is 18.5 Å². The van der Waals surface area contributed by atoms with Crippen molar-refractivity contribution >= 4 is 29.9 Å². The molecule has 1 aliphatic heterocycles. The molecule has 1 aromatic carbocycles. The van der Waals surface area contributed by atoms with Crippen LogP contribution >= 0.6 is 24.0 Å². The number of aromatic nitrogens is 1. The van der Waals surface area contributed by atoms with Crippen LogP contribution in [0.15, 0.2) is 45.9 Å². The largest absolute Gasteiger partial charge is 0.443 e.